The first kappa shape index (κ1) is 19.6. The molecule has 0 saturated heterocycles. The zero-order chi connectivity index (χ0) is 20.8. The molecule has 4 N–H and O–H groups in total. The highest BCUT2D eigenvalue weighted by Crippen LogP contribution is 2.21. The Hall–Kier alpha value is -3.74. The molecule has 0 aliphatic carbocycles. The fraction of sp³-hybridized carbons (Fsp3) is 0.0833. The summed E-state index contributed by atoms with van der Waals surface area (Å²) in [6.07, 6.45) is 7.16. The summed E-state index contributed by atoms with van der Waals surface area (Å²) in [5.74, 6) is 0. The largest absolute Gasteiger partial charge is 0.392 e. The zero-order valence-corrected chi connectivity index (χ0v) is 16.3. The minimum atomic E-state index is 0.0433. The van der Waals surface area contributed by atoms with Gasteiger partial charge >= 0.3 is 0 Å². The molecule has 30 heavy (non-hydrogen) atoms. The summed E-state index contributed by atoms with van der Waals surface area (Å²) < 4.78 is 0. The van der Waals surface area contributed by atoms with E-state index in [-0.39, 0.29) is 13.2 Å². The number of H-pyrrole nitrogens is 2. The van der Waals surface area contributed by atoms with Gasteiger partial charge in [-0.1, -0.05) is 48.5 Å². The summed E-state index contributed by atoms with van der Waals surface area (Å²) in [7, 11) is 0. The third-order valence-corrected chi connectivity index (χ3v) is 4.81. The number of aromatic amines is 2. The number of hydrogen-bond acceptors (Lipinski definition) is 4. The SMILES string of the molecule is OCc1ccc(-c2c[nH]c(/C=N/N=C/c3cc(-c4ccc(CO)cc4)c[nH]3)c2)cc1. The number of aromatic nitrogens is 2. The van der Waals surface area contributed by atoms with E-state index in [1.807, 2.05) is 73.1 Å². The van der Waals surface area contributed by atoms with E-state index in [9.17, 15) is 0 Å². The summed E-state index contributed by atoms with van der Waals surface area (Å²) in [4.78, 5) is 6.34. The van der Waals surface area contributed by atoms with E-state index in [2.05, 4.69) is 20.2 Å². The van der Waals surface area contributed by atoms with E-state index in [0.29, 0.717) is 0 Å². The van der Waals surface area contributed by atoms with Crippen molar-refractivity contribution < 1.29 is 10.2 Å². The normalized spacial score (nSPS) is 11.7. The molecule has 0 atom stereocenters. The van der Waals surface area contributed by atoms with Crippen molar-refractivity contribution in [2.45, 2.75) is 13.2 Å². The molecule has 4 rings (SSSR count). The topological polar surface area (TPSA) is 96.8 Å². The van der Waals surface area contributed by atoms with Gasteiger partial charge in [-0.15, -0.1) is 0 Å². The lowest BCUT2D eigenvalue weighted by Gasteiger charge is -1.99. The Labute approximate surface area is 174 Å². The number of nitrogens with zero attached hydrogens (tertiary/aromatic N) is 2. The maximum Gasteiger partial charge on any atom is 0.0730 e. The van der Waals surface area contributed by atoms with Gasteiger partial charge < -0.3 is 20.2 Å². The standard InChI is InChI=1S/C24H22N4O2/c29-15-17-1-5-19(6-2-17)21-9-23(25-11-21)13-27-28-14-24-10-22(12-26-24)20-7-3-18(16-30)4-8-20/h1-14,25-26,29-30H,15-16H2/b27-13+,28-14+. The Balaban J connectivity index is 1.38. The summed E-state index contributed by atoms with van der Waals surface area (Å²) in [5, 5.41) is 26.5. The molecule has 0 fully saturated rings. The predicted molar refractivity (Wildman–Crippen MR) is 119 cm³/mol. The second kappa shape index (κ2) is 9.17. The Kier molecular flexibility index (Phi) is 5.98. The molecule has 6 heteroatoms. The molecule has 150 valence electrons. The fourth-order valence-corrected chi connectivity index (χ4v) is 3.10. The van der Waals surface area contributed by atoms with E-state index in [1.54, 1.807) is 12.4 Å². The van der Waals surface area contributed by atoms with Crippen LogP contribution in [0.4, 0.5) is 0 Å². The highest BCUT2D eigenvalue weighted by atomic mass is 16.3. The second-order valence-electron chi connectivity index (χ2n) is 6.89. The summed E-state index contributed by atoms with van der Waals surface area (Å²) in [6.45, 7) is 0.0866. The lowest BCUT2D eigenvalue weighted by Crippen LogP contribution is -1.82. The van der Waals surface area contributed by atoms with Crippen LogP contribution in [0, 0.1) is 0 Å². The molecule has 0 spiro atoms. The van der Waals surface area contributed by atoms with Crippen LogP contribution >= 0.6 is 0 Å². The molecule has 0 aliphatic rings. The third kappa shape index (κ3) is 4.63. The van der Waals surface area contributed by atoms with Gasteiger partial charge in [0.1, 0.15) is 0 Å². The van der Waals surface area contributed by atoms with Crippen LogP contribution in [0.25, 0.3) is 22.3 Å². The molecule has 6 nitrogen and oxygen atoms in total. The van der Waals surface area contributed by atoms with Gasteiger partial charge in [-0.25, -0.2) is 0 Å². The average molecular weight is 398 g/mol. The molecule has 0 aliphatic heterocycles. The molecule has 2 aromatic carbocycles. The second-order valence-corrected chi connectivity index (χ2v) is 6.89. The lowest BCUT2D eigenvalue weighted by molar-refractivity contribution is 0.281. The molecule has 0 saturated carbocycles. The molecule has 0 unspecified atom stereocenters. The van der Waals surface area contributed by atoms with E-state index in [4.69, 9.17) is 10.2 Å². The highest BCUT2D eigenvalue weighted by Gasteiger charge is 2.02. The Bertz CT molecular complexity index is 1060. The molecular formula is C24H22N4O2. The quantitative estimate of drug-likeness (QED) is 0.278. The van der Waals surface area contributed by atoms with Crippen LogP contribution in [-0.2, 0) is 13.2 Å². The molecule has 0 amide bonds. The van der Waals surface area contributed by atoms with Gasteiger partial charge in [0.05, 0.1) is 37.0 Å². The van der Waals surface area contributed by atoms with Crippen LogP contribution < -0.4 is 0 Å². The number of aliphatic hydroxyl groups is 2. The summed E-state index contributed by atoms with van der Waals surface area (Å²) >= 11 is 0. The molecule has 2 aromatic heterocycles. The first-order valence-electron chi connectivity index (χ1n) is 9.59. The third-order valence-electron chi connectivity index (χ3n) is 4.81. The van der Waals surface area contributed by atoms with E-state index < -0.39 is 0 Å². The maximum atomic E-state index is 9.14. The Morgan fingerprint density at radius 2 is 1.00 bits per heavy atom. The number of benzene rings is 2. The van der Waals surface area contributed by atoms with Crippen molar-refractivity contribution in [3.05, 3.63) is 95.6 Å². The minimum Gasteiger partial charge on any atom is -0.392 e. The minimum absolute atomic E-state index is 0.0433. The zero-order valence-electron chi connectivity index (χ0n) is 16.3. The molecule has 2 heterocycles. The lowest BCUT2D eigenvalue weighted by atomic mass is 10.1. The first-order valence-corrected chi connectivity index (χ1v) is 9.59. The van der Waals surface area contributed by atoms with Crippen LogP contribution in [0.2, 0.25) is 0 Å². The van der Waals surface area contributed by atoms with Gasteiger partial charge in [-0.05, 0) is 45.5 Å². The molecular weight excluding hydrogens is 376 g/mol. The van der Waals surface area contributed by atoms with E-state index in [0.717, 1.165) is 44.8 Å². The van der Waals surface area contributed by atoms with Crippen molar-refractivity contribution in [1.29, 1.82) is 0 Å². The first-order chi connectivity index (χ1) is 14.7. The van der Waals surface area contributed by atoms with Crippen molar-refractivity contribution in [3.8, 4) is 22.3 Å². The monoisotopic (exact) mass is 398 g/mol. The summed E-state index contributed by atoms with van der Waals surface area (Å²) in [5.41, 5.74) is 7.71. The fourth-order valence-electron chi connectivity index (χ4n) is 3.10. The molecule has 0 bridgehead atoms. The van der Waals surface area contributed by atoms with Gasteiger partial charge in [0.25, 0.3) is 0 Å². The van der Waals surface area contributed by atoms with Gasteiger partial charge in [0.15, 0.2) is 0 Å². The van der Waals surface area contributed by atoms with Gasteiger partial charge in [0, 0.05) is 12.4 Å². The van der Waals surface area contributed by atoms with Gasteiger partial charge in [-0.2, -0.15) is 10.2 Å². The molecule has 0 radical (unpaired) electrons. The van der Waals surface area contributed by atoms with Crippen molar-refractivity contribution in [3.63, 3.8) is 0 Å². The number of aliphatic hydroxyl groups excluding tert-OH is 2. The van der Waals surface area contributed by atoms with Crippen LogP contribution in [-0.4, -0.2) is 32.6 Å². The maximum absolute atomic E-state index is 9.14. The Morgan fingerprint density at radius 1 is 0.600 bits per heavy atom. The van der Waals surface area contributed by atoms with Gasteiger partial charge in [0.2, 0.25) is 0 Å². The van der Waals surface area contributed by atoms with E-state index in [1.165, 1.54) is 0 Å². The highest BCUT2D eigenvalue weighted by molar-refractivity contribution is 5.83. The van der Waals surface area contributed by atoms with Crippen LogP contribution in [0.15, 0.2) is 83.3 Å². The van der Waals surface area contributed by atoms with Crippen molar-refractivity contribution in [1.82, 2.24) is 9.97 Å². The van der Waals surface area contributed by atoms with Crippen molar-refractivity contribution in [2.24, 2.45) is 10.2 Å². The number of rotatable bonds is 7. The smallest absolute Gasteiger partial charge is 0.0730 e. The Morgan fingerprint density at radius 3 is 1.37 bits per heavy atom. The summed E-state index contributed by atoms with van der Waals surface area (Å²) in [6, 6.07) is 19.5. The van der Waals surface area contributed by atoms with Crippen LogP contribution in [0.3, 0.4) is 0 Å². The van der Waals surface area contributed by atoms with E-state index >= 15 is 0 Å². The average Bonchev–Trinajstić information content (AvgIpc) is 3.47. The van der Waals surface area contributed by atoms with Crippen LogP contribution in [0.5, 0.6) is 0 Å². The van der Waals surface area contributed by atoms with Crippen molar-refractivity contribution in [2.75, 3.05) is 0 Å². The number of hydrogen-bond donors (Lipinski definition) is 4. The van der Waals surface area contributed by atoms with Gasteiger partial charge in [-0.3, -0.25) is 0 Å². The van der Waals surface area contributed by atoms with Crippen molar-refractivity contribution >= 4 is 12.4 Å². The van der Waals surface area contributed by atoms with Crippen LogP contribution in [0.1, 0.15) is 22.5 Å². The number of nitrogens with one attached hydrogen (secondary N) is 2. The predicted octanol–water partition coefficient (Wildman–Crippen LogP) is 4.11. The molecule has 4 aromatic rings.